The van der Waals surface area contributed by atoms with Crippen LogP contribution in [0.1, 0.15) is 30.9 Å². The Hall–Kier alpha value is -1.39. The summed E-state index contributed by atoms with van der Waals surface area (Å²) in [5.74, 6) is 0.502. The van der Waals surface area contributed by atoms with Crippen LogP contribution in [0.5, 0.6) is 0 Å². The molecule has 0 spiro atoms. The molecule has 0 heterocycles. The Balaban J connectivity index is 2.04. The van der Waals surface area contributed by atoms with Crippen molar-refractivity contribution in [2.45, 2.75) is 26.7 Å². The van der Waals surface area contributed by atoms with Gasteiger partial charge in [-0.15, -0.1) is 0 Å². The summed E-state index contributed by atoms with van der Waals surface area (Å²) in [6.45, 7) is 6.42. The normalized spacial score (nSPS) is 10.5. The summed E-state index contributed by atoms with van der Waals surface area (Å²) < 4.78 is 1.09. The molecule has 0 aromatic heterocycles. The zero-order chi connectivity index (χ0) is 15.4. The number of halogens is 1. The summed E-state index contributed by atoms with van der Waals surface area (Å²) >= 11 is 8.86. The Morgan fingerprint density at radius 2 is 1.71 bits per heavy atom. The Labute approximate surface area is 140 Å². The molecule has 0 aliphatic carbocycles. The molecule has 0 saturated heterocycles. The number of hydrogen-bond acceptors (Lipinski definition) is 1. The van der Waals surface area contributed by atoms with Crippen LogP contribution in [-0.2, 0) is 0 Å². The number of benzene rings is 2. The second-order valence-electron chi connectivity index (χ2n) is 5.32. The first-order chi connectivity index (χ1) is 9.95. The van der Waals surface area contributed by atoms with Crippen LogP contribution in [0.4, 0.5) is 11.4 Å². The number of anilines is 2. The maximum Gasteiger partial charge on any atom is 0.175 e. The van der Waals surface area contributed by atoms with Crippen LogP contribution in [0.2, 0.25) is 0 Å². The maximum absolute atomic E-state index is 5.37. The third-order valence-corrected chi connectivity index (χ3v) is 4.32. The predicted molar refractivity (Wildman–Crippen MR) is 99.3 cm³/mol. The molecule has 0 aliphatic rings. The van der Waals surface area contributed by atoms with Gasteiger partial charge in [-0.05, 0) is 66.5 Å². The molecular weight excluding hydrogens is 344 g/mol. The molecule has 2 aromatic rings. The van der Waals surface area contributed by atoms with Gasteiger partial charge in [0.05, 0.1) is 0 Å². The molecule has 0 radical (unpaired) electrons. The van der Waals surface area contributed by atoms with Gasteiger partial charge in [-0.1, -0.05) is 41.9 Å². The third kappa shape index (κ3) is 4.55. The smallest absolute Gasteiger partial charge is 0.175 e. The largest absolute Gasteiger partial charge is 0.332 e. The fourth-order valence-corrected chi connectivity index (χ4v) is 2.47. The van der Waals surface area contributed by atoms with Crippen molar-refractivity contribution in [3.05, 3.63) is 58.1 Å². The number of hydrogen-bond donors (Lipinski definition) is 2. The van der Waals surface area contributed by atoms with E-state index >= 15 is 0 Å². The second kappa shape index (κ2) is 7.05. The summed E-state index contributed by atoms with van der Waals surface area (Å²) in [5, 5.41) is 7.03. The van der Waals surface area contributed by atoms with Crippen molar-refractivity contribution in [1.82, 2.24) is 0 Å². The first-order valence-electron chi connectivity index (χ1n) is 6.90. The van der Waals surface area contributed by atoms with Gasteiger partial charge < -0.3 is 10.6 Å². The van der Waals surface area contributed by atoms with Crippen LogP contribution < -0.4 is 10.6 Å². The van der Waals surface area contributed by atoms with E-state index in [0.29, 0.717) is 11.0 Å². The summed E-state index contributed by atoms with van der Waals surface area (Å²) in [6.07, 6.45) is 0. The van der Waals surface area contributed by atoms with E-state index in [1.54, 1.807) is 0 Å². The molecule has 0 bridgehead atoms. The van der Waals surface area contributed by atoms with Gasteiger partial charge in [0.2, 0.25) is 0 Å². The van der Waals surface area contributed by atoms with Gasteiger partial charge in [-0.25, -0.2) is 0 Å². The fourth-order valence-electron chi connectivity index (χ4n) is 1.99. The van der Waals surface area contributed by atoms with Crippen LogP contribution in [0.3, 0.4) is 0 Å². The standard InChI is InChI=1S/C17H19BrN2S/c1-11(2)13-5-4-6-14(10-13)19-17(21)20-15-7-8-16(18)12(3)9-15/h4-11H,1-3H3,(H2,19,20,21). The van der Waals surface area contributed by atoms with E-state index in [1.807, 2.05) is 24.3 Å². The van der Waals surface area contributed by atoms with Crippen molar-refractivity contribution in [2.75, 3.05) is 10.6 Å². The Morgan fingerprint density at radius 3 is 2.33 bits per heavy atom. The number of aryl methyl sites for hydroxylation is 1. The van der Waals surface area contributed by atoms with Crippen LogP contribution >= 0.6 is 28.1 Å². The Kier molecular flexibility index (Phi) is 5.37. The first-order valence-corrected chi connectivity index (χ1v) is 8.10. The quantitative estimate of drug-likeness (QED) is 0.685. The Morgan fingerprint density at radius 1 is 1.05 bits per heavy atom. The van der Waals surface area contributed by atoms with Crippen LogP contribution in [0.15, 0.2) is 46.9 Å². The molecule has 0 aliphatic heterocycles. The van der Waals surface area contributed by atoms with Gasteiger partial charge in [-0.3, -0.25) is 0 Å². The molecule has 2 nitrogen and oxygen atoms in total. The minimum Gasteiger partial charge on any atom is -0.332 e. The molecule has 2 N–H and O–H groups in total. The zero-order valence-corrected chi connectivity index (χ0v) is 14.8. The molecule has 0 unspecified atom stereocenters. The van der Waals surface area contributed by atoms with Crippen molar-refractivity contribution in [3.8, 4) is 0 Å². The highest BCUT2D eigenvalue weighted by Gasteiger charge is 2.03. The highest BCUT2D eigenvalue weighted by atomic mass is 79.9. The summed E-state index contributed by atoms with van der Waals surface area (Å²) in [6, 6.07) is 14.4. The number of nitrogens with one attached hydrogen (secondary N) is 2. The number of rotatable bonds is 3. The van der Waals surface area contributed by atoms with E-state index in [0.717, 1.165) is 15.8 Å². The van der Waals surface area contributed by atoms with Gasteiger partial charge in [0.25, 0.3) is 0 Å². The number of thiocarbonyl (C=S) groups is 1. The topological polar surface area (TPSA) is 24.1 Å². The average molecular weight is 363 g/mol. The molecule has 2 aromatic carbocycles. The van der Waals surface area contributed by atoms with Crippen LogP contribution in [0, 0.1) is 6.92 Å². The molecule has 21 heavy (non-hydrogen) atoms. The molecule has 0 fully saturated rings. The van der Waals surface area contributed by atoms with Gasteiger partial charge in [0, 0.05) is 15.8 Å². The average Bonchev–Trinajstić information content (AvgIpc) is 2.43. The first kappa shape index (κ1) is 16.0. The molecule has 110 valence electrons. The van der Waals surface area contributed by atoms with E-state index in [9.17, 15) is 0 Å². The van der Waals surface area contributed by atoms with Gasteiger partial charge in [0.15, 0.2) is 5.11 Å². The summed E-state index contributed by atoms with van der Waals surface area (Å²) in [7, 11) is 0. The second-order valence-corrected chi connectivity index (χ2v) is 6.59. The highest BCUT2D eigenvalue weighted by molar-refractivity contribution is 9.10. The molecule has 4 heteroatoms. The van der Waals surface area contributed by atoms with Crippen molar-refractivity contribution in [1.29, 1.82) is 0 Å². The molecule has 0 atom stereocenters. The third-order valence-electron chi connectivity index (χ3n) is 3.23. The molecule has 0 saturated carbocycles. The Bertz CT molecular complexity index is 653. The van der Waals surface area contributed by atoms with Crippen LogP contribution in [-0.4, -0.2) is 5.11 Å². The lowest BCUT2D eigenvalue weighted by Gasteiger charge is -2.13. The van der Waals surface area contributed by atoms with Gasteiger partial charge in [-0.2, -0.15) is 0 Å². The maximum atomic E-state index is 5.37. The lowest BCUT2D eigenvalue weighted by atomic mass is 10.0. The van der Waals surface area contributed by atoms with Crippen molar-refractivity contribution >= 4 is 44.6 Å². The summed E-state index contributed by atoms with van der Waals surface area (Å²) in [4.78, 5) is 0. The molecule has 2 rings (SSSR count). The predicted octanol–water partition coefficient (Wildman–Crippen LogP) is 5.69. The lowest BCUT2D eigenvalue weighted by molar-refractivity contribution is 0.867. The van der Waals surface area contributed by atoms with E-state index in [1.165, 1.54) is 11.1 Å². The monoisotopic (exact) mass is 362 g/mol. The summed E-state index contributed by atoms with van der Waals surface area (Å²) in [5.41, 5.74) is 4.45. The lowest BCUT2D eigenvalue weighted by Crippen LogP contribution is -2.19. The van der Waals surface area contributed by atoms with E-state index < -0.39 is 0 Å². The van der Waals surface area contributed by atoms with Crippen molar-refractivity contribution < 1.29 is 0 Å². The minimum absolute atomic E-state index is 0.502. The SMILES string of the molecule is Cc1cc(NC(=S)Nc2cccc(C(C)C)c2)ccc1Br. The highest BCUT2D eigenvalue weighted by Crippen LogP contribution is 2.21. The van der Waals surface area contributed by atoms with Gasteiger partial charge in [0.1, 0.15) is 0 Å². The van der Waals surface area contributed by atoms with E-state index in [4.69, 9.17) is 12.2 Å². The minimum atomic E-state index is 0.502. The molecular formula is C17H19BrN2S. The van der Waals surface area contributed by atoms with Crippen molar-refractivity contribution in [2.24, 2.45) is 0 Å². The zero-order valence-electron chi connectivity index (χ0n) is 12.4. The van der Waals surface area contributed by atoms with E-state index in [2.05, 4.69) is 65.5 Å². The van der Waals surface area contributed by atoms with Crippen LogP contribution in [0.25, 0.3) is 0 Å². The molecule has 0 amide bonds. The van der Waals surface area contributed by atoms with E-state index in [-0.39, 0.29) is 0 Å². The van der Waals surface area contributed by atoms with Crippen molar-refractivity contribution in [3.63, 3.8) is 0 Å². The fraction of sp³-hybridized carbons (Fsp3) is 0.235. The van der Waals surface area contributed by atoms with Gasteiger partial charge >= 0.3 is 0 Å².